The summed E-state index contributed by atoms with van der Waals surface area (Å²) >= 11 is 0. The van der Waals surface area contributed by atoms with Crippen LogP contribution in [0.15, 0.2) is 36.4 Å². The maximum atomic E-state index is 15.0. The Morgan fingerprint density at radius 3 is 2.50 bits per heavy atom. The summed E-state index contributed by atoms with van der Waals surface area (Å²) in [4.78, 5) is 16.5. The highest BCUT2D eigenvalue weighted by atomic mass is 19.3. The second-order valence-electron chi connectivity index (χ2n) is 7.98. The number of rotatable bonds is 2. The third kappa shape index (κ3) is 3.12. The molecule has 0 aliphatic carbocycles. The van der Waals surface area contributed by atoms with Gasteiger partial charge in [-0.25, -0.2) is 8.78 Å². The first-order chi connectivity index (χ1) is 13.3. The van der Waals surface area contributed by atoms with Gasteiger partial charge in [0.1, 0.15) is 0 Å². The molecule has 2 saturated heterocycles. The average molecular weight is 386 g/mol. The van der Waals surface area contributed by atoms with E-state index in [2.05, 4.69) is 10.2 Å². The van der Waals surface area contributed by atoms with E-state index in [9.17, 15) is 4.79 Å². The lowest BCUT2D eigenvalue weighted by Crippen LogP contribution is -2.58. The quantitative estimate of drug-likeness (QED) is 0.793. The summed E-state index contributed by atoms with van der Waals surface area (Å²) in [6, 6.07) is 11.0. The van der Waals surface area contributed by atoms with Crippen molar-refractivity contribution < 1.29 is 13.6 Å². The lowest BCUT2D eigenvalue weighted by molar-refractivity contribution is -0.150. The van der Waals surface area contributed by atoms with E-state index in [1.165, 1.54) is 0 Å². The molecule has 2 aliphatic rings. The molecular formula is C21H24F2N4O. The van der Waals surface area contributed by atoms with Gasteiger partial charge in [-0.1, -0.05) is 18.2 Å². The Morgan fingerprint density at radius 1 is 1.00 bits per heavy atom. The van der Waals surface area contributed by atoms with E-state index in [0.29, 0.717) is 24.3 Å². The molecule has 1 aromatic heterocycles. The summed E-state index contributed by atoms with van der Waals surface area (Å²) in [5, 5.41) is 8.19. The number of nitrogens with zero attached hydrogens (tertiary/aromatic N) is 4. The maximum absolute atomic E-state index is 15.0. The van der Waals surface area contributed by atoms with Crippen molar-refractivity contribution in [3.8, 4) is 0 Å². The van der Waals surface area contributed by atoms with Gasteiger partial charge >= 0.3 is 0 Å². The fourth-order valence-corrected chi connectivity index (χ4v) is 4.31. The Labute approximate surface area is 163 Å². The van der Waals surface area contributed by atoms with Gasteiger partial charge in [-0.15, -0.1) is 5.10 Å². The molecule has 0 N–H and O–H groups in total. The van der Waals surface area contributed by atoms with Crippen LogP contribution in [0.2, 0.25) is 0 Å². The molecule has 2 aromatic rings. The molecule has 7 heteroatoms. The largest absolute Gasteiger partial charge is 0.354 e. The van der Waals surface area contributed by atoms with Crippen molar-refractivity contribution in [2.45, 2.75) is 32.6 Å². The molecule has 0 radical (unpaired) electrons. The number of hydrogen-bond acceptors (Lipinski definition) is 4. The molecule has 1 spiro atoms. The molecule has 3 heterocycles. The molecule has 148 valence electrons. The smallest absolute Gasteiger partial charge is 0.258 e. The number of carbonyl (C=O) groups is 1. The minimum Gasteiger partial charge on any atom is -0.354 e. The van der Waals surface area contributed by atoms with Gasteiger partial charge in [-0.05, 0) is 44.0 Å². The van der Waals surface area contributed by atoms with Crippen molar-refractivity contribution in [2.75, 3.05) is 31.1 Å². The molecule has 0 unspecified atom stereocenters. The van der Waals surface area contributed by atoms with Crippen molar-refractivity contribution in [3.05, 3.63) is 53.2 Å². The van der Waals surface area contributed by atoms with Gasteiger partial charge in [0.05, 0.1) is 11.1 Å². The summed E-state index contributed by atoms with van der Waals surface area (Å²) in [6.45, 7) is 4.51. The van der Waals surface area contributed by atoms with Crippen LogP contribution in [0.4, 0.5) is 14.6 Å². The Bertz CT molecular complexity index is 886. The predicted molar refractivity (Wildman–Crippen MR) is 103 cm³/mol. The summed E-state index contributed by atoms with van der Waals surface area (Å²) in [6.07, 6.45) is 0.0190. The number of carbonyl (C=O) groups excluding carboxylic acids is 1. The summed E-state index contributed by atoms with van der Waals surface area (Å²) in [7, 11) is 0. The number of amides is 1. The first kappa shape index (κ1) is 18.8. The summed E-state index contributed by atoms with van der Waals surface area (Å²) in [5.74, 6) is -2.37. The molecule has 2 fully saturated rings. The normalized spacial score (nSPS) is 24.0. The van der Waals surface area contributed by atoms with E-state index < -0.39 is 11.3 Å². The lowest BCUT2D eigenvalue weighted by atomic mass is 9.75. The van der Waals surface area contributed by atoms with Gasteiger partial charge in [-0.2, -0.15) is 5.10 Å². The minimum atomic E-state index is -2.82. The van der Waals surface area contributed by atoms with Crippen LogP contribution in [0, 0.1) is 19.3 Å². The van der Waals surface area contributed by atoms with Crippen molar-refractivity contribution in [1.29, 1.82) is 0 Å². The number of likely N-dealkylation sites (tertiary alicyclic amines) is 1. The Balaban J connectivity index is 1.58. The number of benzene rings is 1. The Hall–Kier alpha value is -2.57. The standard InChI is InChI=1S/C21H24F2N4O/c1-15-5-3-4-6-17(15)19(28)27-12-10-21(22,23)20(14-27)9-11-26(13-20)18-8-7-16(2)24-25-18/h3-8H,9-14H2,1-2H3/t20-/m0/s1. The molecule has 1 amide bonds. The van der Waals surface area contributed by atoms with Crippen LogP contribution in [0.5, 0.6) is 0 Å². The topological polar surface area (TPSA) is 49.3 Å². The van der Waals surface area contributed by atoms with Gasteiger partial charge in [0, 0.05) is 38.2 Å². The van der Waals surface area contributed by atoms with Crippen molar-refractivity contribution >= 4 is 11.7 Å². The van der Waals surface area contributed by atoms with Crippen molar-refractivity contribution in [1.82, 2.24) is 15.1 Å². The van der Waals surface area contributed by atoms with Crippen LogP contribution in [0.3, 0.4) is 0 Å². The van der Waals surface area contributed by atoms with Crippen molar-refractivity contribution in [3.63, 3.8) is 0 Å². The molecule has 2 aliphatic heterocycles. The third-order valence-electron chi connectivity index (χ3n) is 6.09. The molecule has 1 atom stereocenters. The zero-order chi connectivity index (χ0) is 19.9. The summed E-state index contributed by atoms with van der Waals surface area (Å²) < 4.78 is 30.1. The van der Waals surface area contributed by atoms with Gasteiger partial charge in [0.15, 0.2) is 5.82 Å². The number of anilines is 1. The number of hydrogen-bond donors (Lipinski definition) is 0. The van der Waals surface area contributed by atoms with E-state index >= 15 is 8.78 Å². The van der Waals surface area contributed by atoms with E-state index in [1.54, 1.807) is 11.0 Å². The number of aromatic nitrogens is 2. The average Bonchev–Trinajstić information content (AvgIpc) is 3.10. The van der Waals surface area contributed by atoms with E-state index in [0.717, 1.165) is 11.3 Å². The molecule has 28 heavy (non-hydrogen) atoms. The summed E-state index contributed by atoms with van der Waals surface area (Å²) in [5.41, 5.74) is 0.982. The zero-order valence-electron chi connectivity index (χ0n) is 16.2. The van der Waals surface area contributed by atoms with Gasteiger partial charge in [-0.3, -0.25) is 4.79 Å². The number of aryl methyl sites for hydroxylation is 2. The van der Waals surface area contributed by atoms with Gasteiger partial charge < -0.3 is 9.80 Å². The van der Waals surface area contributed by atoms with E-state index in [1.807, 2.05) is 49.1 Å². The van der Waals surface area contributed by atoms with Crippen LogP contribution in [0.25, 0.3) is 0 Å². The monoisotopic (exact) mass is 386 g/mol. The van der Waals surface area contributed by atoms with Crippen LogP contribution >= 0.6 is 0 Å². The first-order valence-corrected chi connectivity index (χ1v) is 9.59. The number of piperidine rings is 1. The highest BCUT2D eigenvalue weighted by Crippen LogP contribution is 2.50. The third-order valence-corrected chi connectivity index (χ3v) is 6.09. The predicted octanol–water partition coefficient (Wildman–Crippen LogP) is 3.47. The Kier molecular flexibility index (Phi) is 4.56. The minimum absolute atomic E-state index is 0.0585. The highest BCUT2D eigenvalue weighted by molar-refractivity contribution is 5.95. The lowest BCUT2D eigenvalue weighted by Gasteiger charge is -2.46. The second kappa shape index (κ2) is 6.79. The second-order valence-corrected chi connectivity index (χ2v) is 7.98. The fourth-order valence-electron chi connectivity index (χ4n) is 4.31. The van der Waals surface area contributed by atoms with E-state index in [4.69, 9.17) is 0 Å². The first-order valence-electron chi connectivity index (χ1n) is 9.59. The van der Waals surface area contributed by atoms with Crippen LogP contribution in [-0.4, -0.2) is 53.1 Å². The van der Waals surface area contributed by atoms with Gasteiger partial charge in [0.2, 0.25) is 0 Å². The molecule has 5 nitrogen and oxygen atoms in total. The number of halogens is 2. The maximum Gasteiger partial charge on any atom is 0.258 e. The van der Waals surface area contributed by atoms with Crippen LogP contribution in [0.1, 0.15) is 34.5 Å². The van der Waals surface area contributed by atoms with Crippen LogP contribution < -0.4 is 4.90 Å². The fraction of sp³-hybridized carbons (Fsp3) is 0.476. The zero-order valence-corrected chi connectivity index (χ0v) is 16.2. The molecule has 4 rings (SSSR count). The van der Waals surface area contributed by atoms with E-state index in [-0.39, 0.29) is 32.0 Å². The Morgan fingerprint density at radius 2 is 1.79 bits per heavy atom. The molecule has 1 aromatic carbocycles. The molecular weight excluding hydrogens is 362 g/mol. The van der Waals surface area contributed by atoms with Crippen molar-refractivity contribution in [2.24, 2.45) is 5.41 Å². The van der Waals surface area contributed by atoms with Gasteiger partial charge in [0.25, 0.3) is 11.8 Å². The molecule has 0 saturated carbocycles. The number of alkyl halides is 2. The van der Waals surface area contributed by atoms with Crippen LogP contribution in [-0.2, 0) is 0 Å². The SMILES string of the molecule is Cc1ccc(N2CC[C@@]3(CN(C(=O)c4ccccc4C)CCC3(F)F)C2)nn1. The highest BCUT2D eigenvalue weighted by Gasteiger charge is 2.60. The molecule has 0 bridgehead atoms.